The summed E-state index contributed by atoms with van der Waals surface area (Å²) in [4.78, 5) is 34.8. The van der Waals surface area contributed by atoms with E-state index in [0.29, 0.717) is 12.2 Å². The zero-order valence-corrected chi connectivity index (χ0v) is 14.3. The Morgan fingerprint density at radius 2 is 2.00 bits per heavy atom. The third-order valence-corrected chi connectivity index (χ3v) is 5.18. The van der Waals surface area contributed by atoms with Gasteiger partial charge in [0.05, 0.1) is 12.6 Å². The lowest BCUT2D eigenvalue weighted by atomic mass is 9.97. The molecular weight excluding hydrogens is 318 g/mol. The van der Waals surface area contributed by atoms with E-state index in [0.717, 1.165) is 37.3 Å². The number of amidine groups is 1. The summed E-state index contributed by atoms with van der Waals surface area (Å²) >= 11 is 0. The fraction of sp³-hybridized carbons (Fsp3) is 0.444. The van der Waals surface area contributed by atoms with E-state index in [4.69, 9.17) is 5.73 Å². The number of nitrogens with two attached hydrogens (primary N) is 1. The highest BCUT2D eigenvalue weighted by molar-refractivity contribution is 6.05. The maximum absolute atomic E-state index is 12.8. The van der Waals surface area contributed by atoms with Crippen molar-refractivity contribution in [2.24, 2.45) is 10.7 Å². The lowest BCUT2D eigenvalue weighted by Crippen LogP contribution is -2.48. The third-order valence-electron chi connectivity index (χ3n) is 5.18. The Hall–Kier alpha value is -2.57. The summed E-state index contributed by atoms with van der Waals surface area (Å²) in [6.07, 6.45) is 3.86. The summed E-state index contributed by atoms with van der Waals surface area (Å²) in [7, 11) is 2.01. The van der Waals surface area contributed by atoms with Crippen LogP contribution in [0.5, 0.6) is 0 Å². The molecule has 1 aromatic carbocycles. The molecule has 25 heavy (non-hydrogen) atoms. The second-order valence-electron chi connectivity index (χ2n) is 6.74. The van der Waals surface area contributed by atoms with Crippen LogP contribution >= 0.6 is 0 Å². The molecule has 7 nitrogen and oxygen atoms in total. The second-order valence-corrected chi connectivity index (χ2v) is 6.74. The standard InChI is InChI=1S/C18H22N5O2/c1-21-11-9-20-17(21)12-5-7-13(8-6-12)23-15(16(19)24)14-4-2-3-10-22(14)18(23)25/h4-8,14-15H,2-3,9-11H2,1H3,(H2,19,24)/t14-,15?/m1/s1. The molecule has 4 rings (SSSR count). The molecule has 3 aliphatic heterocycles. The molecular formula is C18H22N5O2. The van der Waals surface area contributed by atoms with Crippen molar-refractivity contribution in [3.05, 3.63) is 36.2 Å². The number of anilines is 1. The van der Waals surface area contributed by atoms with E-state index in [2.05, 4.69) is 9.89 Å². The summed E-state index contributed by atoms with van der Waals surface area (Å²) in [5.41, 5.74) is 7.34. The highest BCUT2D eigenvalue weighted by atomic mass is 16.2. The number of aliphatic imine (C=N–C) groups is 1. The molecule has 2 N–H and O–H groups in total. The van der Waals surface area contributed by atoms with Gasteiger partial charge >= 0.3 is 6.03 Å². The predicted molar refractivity (Wildman–Crippen MR) is 95.4 cm³/mol. The van der Waals surface area contributed by atoms with Crippen molar-refractivity contribution in [2.75, 3.05) is 31.6 Å². The van der Waals surface area contributed by atoms with E-state index in [1.807, 2.05) is 37.7 Å². The minimum atomic E-state index is -0.648. The Morgan fingerprint density at radius 3 is 2.64 bits per heavy atom. The highest BCUT2D eigenvalue weighted by Crippen LogP contribution is 2.34. The maximum Gasteiger partial charge on any atom is 0.325 e. The molecule has 2 saturated heterocycles. The van der Waals surface area contributed by atoms with E-state index in [-0.39, 0.29) is 12.1 Å². The number of urea groups is 1. The number of carbonyl (C=O) groups is 2. The molecule has 1 aromatic rings. The molecule has 0 saturated carbocycles. The van der Waals surface area contributed by atoms with Gasteiger partial charge in [0.25, 0.3) is 0 Å². The van der Waals surface area contributed by atoms with Gasteiger partial charge < -0.3 is 15.5 Å². The van der Waals surface area contributed by atoms with Crippen LogP contribution in [0.4, 0.5) is 10.5 Å². The van der Waals surface area contributed by atoms with E-state index in [1.165, 1.54) is 0 Å². The number of benzene rings is 1. The van der Waals surface area contributed by atoms with Gasteiger partial charge in [-0.05, 0) is 43.5 Å². The number of hydrogen-bond donors (Lipinski definition) is 1. The van der Waals surface area contributed by atoms with E-state index in [9.17, 15) is 9.59 Å². The van der Waals surface area contributed by atoms with Crippen molar-refractivity contribution in [2.45, 2.75) is 24.9 Å². The van der Waals surface area contributed by atoms with Crippen LogP contribution < -0.4 is 10.6 Å². The number of amides is 3. The normalized spacial score (nSPS) is 26.0. The average molecular weight is 340 g/mol. The fourth-order valence-electron chi connectivity index (χ4n) is 3.94. The number of likely N-dealkylation sites (N-methyl/N-ethyl adjacent to an activating group) is 1. The van der Waals surface area contributed by atoms with Crippen molar-refractivity contribution >= 4 is 23.5 Å². The first-order valence-corrected chi connectivity index (χ1v) is 8.66. The lowest BCUT2D eigenvalue weighted by molar-refractivity contribution is -0.119. The Balaban J connectivity index is 1.65. The van der Waals surface area contributed by atoms with E-state index in [1.54, 1.807) is 9.80 Å². The summed E-state index contributed by atoms with van der Waals surface area (Å²) in [6.45, 7) is 2.38. The number of hydrogen-bond acceptors (Lipinski definition) is 4. The molecule has 3 amide bonds. The van der Waals surface area contributed by atoms with Crippen LogP contribution in [-0.4, -0.2) is 66.3 Å². The number of carbonyl (C=O) groups excluding carboxylic acids is 2. The Labute approximate surface area is 147 Å². The van der Waals surface area contributed by atoms with Gasteiger partial charge in [-0.3, -0.25) is 14.7 Å². The average Bonchev–Trinajstić information content (AvgIpc) is 3.17. The van der Waals surface area contributed by atoms with Crippen molar-refractivity contribution in [3.63, 3.8) is 0 Å². The monoisotopic (exact) mass is 340 g/mol. The third kappa shape index (κ3) is 2.54. The van der Waals surface area contributed by atoms with Gasteiger partial charge in [0.2, 0.25) is 5.91 Å². The number of nitrogens with zero attached hydrogens (tertiary/aromatic N) is 4. The van der Waals surface area contributed by atoms with Crippen LogP contribution in [0.25, 0.3) is 0 Å². The Morgan fingerprint density at radius 1 is 1.24 bits per heavy atom. The molecule has 131 valence electrons. The molecule has 7 heteroatoms. The second kappa shape index (κ2) is 6.06. The molecule has 2 atom stereocenters. The molecule has 0 bridgehead atoms. The molecule has 1 unspecified atom stereocenters. The van der Waals surface area contributed by atoms with Gasteiger partial charge in [-0.15, -0.1) is 0 Å². The smallest absolute Gasteiger partial charge is 0.325 e. The molecule has 2 fully saturated rings. The van der Waals surface area contributed by atoms with Crippen molar-refractivity contribution in [3.8, 4) is 0 Å². The minimum Gasteiger partial charge on any atom is -0.368 e. The fourth-order valence-corrected chi connectivity index (χ4v) is 3.94. The zero-order valence-electron chi connectivity index (χ0n) is 14.3. The molecule has 3 aliphatic rings. The number of rotatable bonds is 3. The van der Waals surface area contributed by atoms with Crippen LogP contribution in [-0.2, 0) is 4.79 Å². The minimum absolute atomic E-state index is 0.146. The lowest BCUT2D eigenvalue weighted by Gasteiger charge is -2.29. The van der Waals surface area contributed by atoms with Gasteiger partial charge in [-0.1, -0.05) is 0 Å². The van der Waals surface area contributed by atoms with Gasteiger partial charge in [0.1, 0.15) is 11.9 Å². The summed E-state index contributed by atoms with van der Waals surface area (Å²) in [6, 6.07) is 6.61. The van der Waals surface area contributed by atoms with Crippen LogP contribution in [0.1, 0.15) is 18.4 Å². The first-order chi connectivity index (χ1) is 12.1. The summed E-state index contributed by atoms with van der Waals surface area (Å²) < 4.78 is 0. The highest BCUT2D eigenvalue weighted by Gasteiger charge is 2.50. The number of fused-ring (bicyclic) bond motifs is 1. The van der Waals surface area contributed by atoms with Crippen LogP contribution in [0, 0.1) is 6.42 Å². The molecule has 0 spiro atoms. The van der Waals surface area contributed by atoms with Crippen LogP contribution in [0.2, 0.25) is 0 Å². The van der Waals surface area contributed by atoms with Crippen LogP contribution in [0.3, 0.4) is 0 Å². The summed E-state index contributed by atoms with van der Waals surface area (Å²) in [5, 5.41) is 0. The van der Waals surface area contributed by atoms with Gasteiger partial charge in [-0.25, -0.2) is 4.79 Å². The zero-order chi connectivity index (χ0) is 17.6. The largest absolute Gasteiger partial charge is 0.368 e. The quantitative estimate of drug-likeness (QED) is 0.885. The van der Waals surface area contributed by atoms with Crippen molar-refractivity contribution in [1.29, 1.82) is 0 Å². The summed E-state index contributed by atoms with van der Waals surface area (Å²) in [5.74, 6) is 0.486. The maximum atomic E-state index is 12.8. The SMILES string of the molecule is CN1CCN=C1c1ccc(N2C(=O)N3CCC[CH][C@@H]3C2C(N)=O)cc1. The van der Waals surface area contributed by atoms with E-state index < -0.39 is 11.9 Å². The molecule has 1 radical (unpaired) electrons. The van der Waals surface area contributed by atoms with Gasteiger partial charge in [-0.2, -0.15) is 0 Å². The van der Waals surface area contributed by atoms with Gasteiger partial charge in [0.15, 0.2) is 0 Å². The predicted octanol–water partition coefficient (Wildman–Crippen LogP) is 0.841. The van der Waals surface area contributed by atoms with Crippen molar-refractivity contribution < 1.29 is 9.59 Å². The first kappa shape index (κ1) is 15.9. The number of piperidine rings is 1. The van der Waals surface area contributed by atoms with Gasteiger partial charge in [0, 0.05) is 31.4 Å². The molecule has 3 heterocycles. The first-order valence-electron chi connectivity index (χ1n) is 8.66. The Bertz CT molecular complexity index is 729. The van der Waals surface area contributed by atoms with Crippen molar-refractivity contribution in [1.82, 2.24) is 9.80 Å². The topological polar surface area (TPSA) is 82.2 Å². The molecule has 0 aromatic heterocycles. The van der Waals surface area contributed by atoms with Crippen LogP contribution in [0.15, 0.2) is 29.3 Å². The Kier molecular flexibility index (Phi) is 3.86. The number of primary amides is 1. The molecule has 0 aliphatic carbocycles. The van der Waals surface area contributed by atoms with E-state index >= 15 is 0 Å².